The van der Waals surface area contributed by atoms with Crippen LogP contribution in [-0.4, -0.2) is 60.4 Å². The number of allylic oxidation sites excluding steroid dienone is 1. The van der Waals surface area contributed by atoms with Gasteiger partial charge in [-0.15, -0.1) is 5.10 Å². The molecule has 2 atom stereocenters. The molecule has 1 fully saturated rings. The van der Waals surface area contributed by atoms with Crippen molar-refractivity contribution in [3.63, 3.8) is 0 Å². The number of rotatable bonds is 8. The minimum absolute atomic E-state index is 0.00474. The third-order valence-electron chi connectivity index (χ3n) is 6.09. The number of alkyl halides is 1. The summed E-state index contributed by atoms with van der Waals surface area (Å²) in [5.41, 5.74) is 7.40. The second-order valence-corrected chi connectivity index (χ2v) is 9.13. The summed E-state index contributed by atoms with van der Waals surface area (Å²) < 4.78 is 16.0. The van der Waals surface area contributed by atoms with Crippen molar-refractivity contribution in [2.45, 2.75) is 25.2 Å². The molecule has 5 rings (SSSR count). The number of pyridine rings is 1. The number of primary amides is 1. The first-order valence-corrected chi connectivity index (χ1v) is 12.0. The first kappa shape index (κ1) is 25.1. The van der Waals surface area contributed by atoms with Crippen molar-refractivity contribution in [3.05, 3.63) is 77.9 Å². The van der Waals surface area contributed by atoms with Gasteiger partial charge in [0.15, 0.2) is 11.5 Å². The monoisotopic (exact) mass is 535 g/mol. The normalized spacial score (nSPS) is 16.9. The number of hydrogen-bond acceptors (Lipinski definition) is 8. The van der Waals surface area contributed by atoms with Crippen molar-refractivity contribution >= 4 is 51.6 Å². The SMILES string of the molecule is C=C(Cn1nc(C(N)=O)c2cc(Nc3cccnn3)ccc21)N1C[C@H](F)C[C@H]1C(=O)Nc1cccc(Cl)n1. The van der Waals surface area contributed by atoms with Gasteiger partial charge in [-0.1, -0.05) is 24.2 Å². The van der Waals surface area contributed by atoms with Crippen LogP contribution in [0.4, 0.5) is 21.7 Å². The maximum atomic E-state index is 14.5. The maximum absolute atomic E-state index is 14.5. The van der Waals surface area contributed by atoms with Crippen molar-refractivity contribution in [3.8, 4) is 0 Å². The van der Waals surface area contributed by atoms with Crippen molar-refractivity contribution in [1.29, 1.82) is 0 Å². The van der Waals surface area contributed by atoms with E-state index in [4.69, 9.17) is 17.3 Å². The Morgan fingerprint density at radius 3 is 2.74 bits per heavy atom. The van der Waals surface area contributed by atoms with Gasteiger partial charge in [-0.25, -0.2) is 9.37 Å². The number of nitrogens with one attached hydrogen (secondary N) is 2. The zero-order valence-corrected chi connectivity index (χ0v) is 20.8. The molecule has 0 unspecified atom stereocenters. The molecule has 4 heterocycles. The number of likely N-dealkylation sites (tertiary alicyclic amines) is 1. The fourth-order valence-electron chi connectivity index (χ4n) is 4.41. The number of benzene rings is 1. The van der Waals surface area contributed by atoms with E-state index in [1.807, 2.05) is 0 Å². The first-order chi connectivity index (χ1) is 18.3. The molecule has 3 aromatic heterocycles. The van der Waals surface area contributed by atoms with Gasteiger partial charge in [-0.05, 0) is 42.5 Å². The van der Waals surface area contributed by atoms with Gasteiger partial charge < -0.3 is 21.3 Å². The van der Waals surface area contributed by atoms with Crippen molar-refractivity contribution < 1.29 is 14.0 Å². The Hall–Kier alpha value is -4.58. The Labute approximate surface area is 221 Å². The molecule has 38 heavy (non-hydrogen) atoms. The van der Waals surface area contributed by atoms with Gasteiger partial charge in [-0.2, -0.15) is 10.2 Å². The molecule has 0 aliphatic carbocycles. The Bertz CT molecular complexity index is 1530. The molecule has 4 aromatic rings. The summed E-state index contributed by atoms with van der Waals surface area (Å²) in [6, 6.07) is 12.8. The number of carbonyl (C=O) groups excluding carboxylic acids is 2. The molecule has 0 saturated carbocycles. The third-order valence-corrected chi connectivity index (χ3v) is 6.30. The van der Waals surface area contributed by atoms with E-state index in [1.165, 1.54) is 0 Å². The smallest absolute Gasteiger partial charge is 0.269 e. The van der Waals surface area contributed by atoms with E-state index in [2.05, 4.69) is 37.5 Å². The van der Waals surface area contributed by atoms with Gasteiger partial charge >= 0.3 is 0 Å². The minimum atomic E-state index is -1.22. The zero-order chi connectivity index (χ0) is 26.8. The van der Waals surface area contributed by atoms with Gasteiger partial charge in [0.1, 0.15) is 23.2 Å². The highest BCUT2D eigenvalue weighted by Gasteiger charge is 2.38. The molecular formula is C25H23ClFN9O2. The molecule has 2 amide bonds. The predicted octanol–water partition coefficient (Wildman–Crippen LogP) is 3.28. The lowest BCUT2D eigenvalue weighted by Crippen LogP contribution is -2.40. The molecule has 13 heteroatoms. The molecule has 1 saturated heterocycles. The lowest BCUT2D eigenvalue weighted by molar-refractivity contribution is -0.119. The van der Waals surface area contributed by atoms with Crippen LogP contribution >= 0.6 is 11.6 Å². The van der Waals surface area contributed by atoms with E-state index in [0.717, 1.165) is 0 Å². The molecule has 1 aliphatic heterocycles. The molecule has 0 radical (unpaired) electrons. The highest BCUT2D eigenvalue weighted by molar-refractivity contribution is 6.29. The Balaban J connectivity index is 1.38. The Morgan fingerprint density at radius 2 is 2.00 bits per heavy atom. The number of aromatic nitrogens is 5. The largest absolute Gasteiger partial charge is 0.364 e. The van der Waals surface area contributed by atoms with Gasteiger partial charge in [0.05, 0.1) is 12.1 Å². The van der Waals surface area contributed by atoms with Crippen LogP contribution in [0.1, 0.15) is 16.9 Å². The van der Waals surface area contributed by atoms with Crippen molar-refractivity contribution in [1.82, 2.24) is 29.9 Å². The first-order valence-electron chi connectivity index (χ1n) is 11.7. The van der Waals surface area contributed by atoms with Crippen LogP contribution in [0.2, 0.25) is 5.15 Å². The average Bonchev–Trinajstić information content (AvgIpc) is 3.45. The Morgan fingerprint density at radius 1 is 1.18 bits per heavy atom. The molecule has 1 aromatic carbocycles. The summed E-state index contributed by atoms with van der Waals surface area (Å²) in [5, 5.41) is 18.8. The summed E-state index contributed by atoms with van der Waals surface area (Å²) in [6.45, 7) is 4.19. The van der Waals surface area contributed by atoms with E-state index >= 15 is 0 Å². The molecule has 0 spiro atoms. The van der Waals surface area contributed by atoms with Crippen molar-refractivity contribution in [2.24, 2.45) is 5.73 Å². The number of carbonyl (C=O) groups is 2. The maximum Gasteiger partial charge on any atom is 0.269 e. The number of amides is 2. The number of fused-ring (bicyclic) bond motifs is 1. The molecule has 11 nitrogen and oxygen atoms in total. The number of nitrogens with zero attached hydrogens (tertiary/aromatic N) is 6. The zero-order valence-electron chi connectivity index (χ0n) is 20.0. The van der Waals surface area contributed by atoms with Gasteiger partial charge in [-0.3, -0.25) is 14.3 Å². The topological polar surface area (TPSA) is 144 Å². The van der Waals surface area contributed by atoms with Gasteiger partial charge in [0, 0.05) is 35.9 Å². The average molecular weight is 536 g/mol. The fraction of sp³-hybridized carbons (Fsp3) is 0.200. The Kier molecular flexibility index (Phi) is 6.88. The summed E-state index contributed by atoms with van der Waals surface area (Å²) in [5.74, 6) is -0.331. The third kappa shape index (κ3) is 5.25. The van der Waals surface area contributed by atoms with E-state index in [0.29, 0.717) is 28.1 Å². The summed E-state index contributed by atoms with van der Waals surface area (Å²) in [7, 11) is 0. The standard InChI is InChI=1S/C25H23ClFN9O2/c1-14(35-13-15(27)10-19(35)25(38)32-21-5-2-4-20(26)31-21)12-36-18-8-7-16(30-22-6-3-9-29-33-22)11-17(18)23(34-36)24(28)37/h2-9,11,15,19H,1,10,12-13H2,(H2,28,37)(H,30,33)(H,31,32,38)/t15-,19+/m1/s1. The molecule has 4 N–H and O–H groups in total. The van der Waals surface area contributed by atoms with Gasteiger partial charge in [0.25, 0.3) is 5.91 Å². The quantitative estimate of drug-likeness (QED) is 0.292. The lowest BCUT2D eigenvalue weighted by Gasteiger charge is -2.27. The molecular weight excluding hydrogens is 513 g/mol. The fourth-order valence-corrected chi connectivity index (χ4v) is 4.57. The van der Waals surface area contributed by atoms with E-state index < -0.39 is 24.0 Å². The highest BCUT2D eigenvalue weighted by Crippen LogP contribution is 2.29. The van der Waals surface area contributed by atoms with E-state index in [-0.39, 0.29) is 36.2 Å². The molecule has 0 bridgehead atoms. The number of nitrogens with two attached hydrogens (primary N) is 1. The van der Waals surface area contributed by atoms with Crippen molar-refractivity contribution in [2.75, 3.05) is 17.2 Å². The number of hydrogen-bond donors (Lipinski definition) is 3. The summed E-state index contributed by atoms with van der Waals surface area (Å²) >= 11 is 5.90. The van der Waals surface area contributed by atoms with Crippen LogP contribution in [0.15, 0.2) is 67.0 Å². The second kappa shape index (κ2) is 10.4. The van der Waals surface area contributed by atoms with Crippen LogP contribution in [0.25, 0.3) is 10.9 Å². The van der Waals surface area contributed by atoms with Crippen LogP contribution in [0, 0.1) is 0 Å². The van der Waals surface area contributed by atoms with Crippen LogP contribution < -0.4 is 16.4 Å². The summed E-state index contributed by atoms with van der Waals surface area (Å²) in [6.07, 6.45) is 0.333. The number of anilines is 3. The minimum Gasteiger partial charge on any atom is -0.364 e. The lowest BCUT2D eigenvalue weighted by atomic mass is 10.1. The van der Waals surface area contributed by atoms with E-state index in [1.54, 1.807) is 64.3 Å². The predicted molar refractivity (Wildman–Crippen MR) is 141 cm³/mol. The molecule has 194 valence electrons. The molecule has 1 aliphatic rings. The van der Waals surface area contributed by atoms with Crippen LogP contribution in [0.5, 0.6) is 0 Å². The highest BCUT2D eigenvalue weighted by atomic mass is 35.5. The summed E-state index contributed by atoms with van der Waals surface area (Å²) in [4.78, 5) is 30.8. The van der Waals surface area contributed by atoms with Crippen LogP contribution in [-0.2, 0) is 11.3 Å². The van der Waals surface area contributed by atoms with E-state index in [9.17, 15) is 14.0 Å². The van der Waals surface area contributed by atoms with Gasteiger partial charge in [0.2, 0.25) is 5.91 Å². The second-order valence-electron chi connectivity index (χ2n) is 8.74. The van der Waals surface area contributed by atoms with Crippen LogP contribution in [0.3, 0.4) is 0 Å². The number of halogens is 2.